The van der Waals surface area contributed by atoms with Crippen LogP contribution in [0.4, 0.5) is 18.9 Å². The van der Waals surface area contributed by atoms with Crippen molar-refractivity contribution in [2.75, 3.05) is 18.0 Å². The Bertz CT molecular complexity index is 1090. The van der Waals surface area contributed by atoms with Gasteiger partial charge < -0.3 is 15.0 Å². The van der Waals surface area contributed by atoms with Gasteiger partial charge in [-0.15, -0.1) is 0 Å². The van der Waals surface area contributed by atoms with E-state index in [-0.39, 0.29) is 11.7 Å². The first-order valence-corrected chi connectivity index (χ1v) is 12.7. The lowest BCUT2D eigenvalue weighted by atomic mass is 9.95. The summed E-state index contributed by atoms with van der Waals surface area (Å²) in [6.07, 6.45) is 12.1. The summed E-state index contributed by atoms with van der Waals surface area (Å²) in [7, 11) is 0. The van der Waals surface area contributed by atoms with E-state index in [0.29, 0.717) is 11.6 Å². The van der Waals surface area contributed by atoms with Crippen molar-refractivity contribution in [3.63, 3.8) is 0 Å². The van der Waals surface area contributed by atoms with Crippen LogP contribution in [0.3, 0.4) is 0 Å². The normalized spacial score (nSPS) is 15.7. The van der Waals surface area contributed by atoms with Gasteiger partial charge in [-0.25, -0.2) is 8.91 Å². The fourth-order valence-electron chi connectivity index (χ4n) is 4.47. The number of anilines is 1. The molecule has 1 aliphatic heterocycles. The van der Waals surface area contributed by atoms with Crippen LogP contribution in [0.5, 0.6) is 5.75 Å². The minimum Gasteiger partial charge on any atom is -0.435 e. The molecule has 1 aromatic carbocycles. The average Bonchev–Trinajstić information content (AvgIpc) is 3.56. The highest BCUT2D eigenvalue weighted by Gasteiger charge is 2.20. The summed E-state index contributed by atoms with van der Waals surface area (Å²) in [6.45, 7) is 3.30. The molecule has 0 unspecified atom stereocenters. The van der Waals surface area contributed by atoms with E-state index in [0.717, 1.165) is 43.6 Å². The molecule has 3 heterocycles. The van der Waals surface area contributed by atoms with Gasteiger partial charge in [0.2, 0.25) is 0 Å². The standard InChI is InChI=1S/C18H24N4O.C7H5F3O.C2H6/c23-18(20-14-6-2-1-3-7-14)16-13-19-22-11-8-15(12-17(16)22)21-9-4-5-10-21;8-5-2-1-3-6(4-5)11-7(9)10;1-2/h8,11-14H,1-7,9-10H2,(H,20,23);1-4,7H;1-2H3. The molecule has 196 valence electrons. The van der Waals surface area contributed by atoms with Crippen LogP contribution in [0, 0.1) is 5.82 Å². The number of pyridine rings is 1. The molecule has 0 atom stereocenters. The fourth-order valence-corrected chi connectivity index (χ4v) is 4.47. The number of alkyl halides is 2. The Morgan fingerprint density at radius 3 is 2.44 bits per heavy atom. The van der Waals surface area contributed by atoms with Crippen LogP contribution < -0.4 is 15.0 Å². The van der Waals surface area contributed by atoms with E-state index >= 15 is 0 Å². The fraction of sp³-hybridized carbons (Fsp3) is 0.481. The Balaban J connectivity index is 0.000000235. The number of benzene rings is 1. The SMILES string of the molecule is CC.Fc1cccc(OC(F)F)c1.O=C(NC1CCCCC1)c1cnn2ccc(N3CCCC3)cc12. The van der Waals surface area contributed by atoms with Gasteiger partial charge in [-0.2, -0.15) is 13.9 Å². The van der Waals surface area contributed by atoms with E-state index in [2.05, 4.69) is 32.2 Å². The molecule has 1 saturated heterocycles. The molecule has 3 aromatic rings. The maximum atomic E-state index is 12.6. The molecule has 2 aliphatic rings. The van der Waals surface area contributed by atoms with Crippen molar-refractivity contribution in [2.24, 2.45) is 0 Å². The molecular weight excluding hydrogens is 469 g/mol. The summed E-state index contributed by atoms with van der Waals surface area (Å²) in [5, 5.41) is 7.53. The first-order valence-electron chi connectivity index (χ1n) is 12.7. The highest BCUT2D eigenvalue weighted by Crippen LogP contribution is 2.24. The Kier molecular flexibility index (Phi) is 10.5. The van der Waals surface area contributed by atoms with Crippen molar-refractivity contribution in [3.05, 3.63) is 60.2 Å². The molecule has 2 fully saturated rings. The molecule has 1 saturated carbocycles. The van der Waals surface area contributed by atoms with Gasteiger partial charge in [-0.05, 0) is 49.9 Å². The van der Waals surface area contributed by atoms with Crippen molar-refractivity contribution >= 4 is 17.1 Å². The van der Waals surface area contributed by atoms with E-state index in [1.807, 2.05) is 20.0 Å². The minimum absolute atomic E-state index is 0.0190. The van der Waals surface area contributed by atoms with Crippen LogP contribution in [0.25, 0.3) is 5.52 Å². The number of halogens is 3. The summed E-state index contributed by atoms with van der Waals surface area (Å²) in [6, 6.07) is 9.13. The summed E-state index contributed by atoms with van der Waals surface area (Å²) >= 11 is 0. The van der Waals surface area contributed by atoms with Crippen LogP contribution in [-0.2, 0) is 0 Å². The lowest BCUT2D eigenvalue weighted by molar-refractivity contribution is -0.0500. The number of nitrogens with zero attached hydrogens (tertiary/aromatic N) is 3. The Morgan fingerprint density at radius 2 is 1.78 bits per heavy atom. The van der Waals surface area contributed by atoms with Crippen molar-refractivity contribution in [3.8, 4) is 5.75 Å². The molecule has 0 radical (unpaired) electrons. The summed E-state index contributed by atoms with van der Waals surface area (Å²) in [5.74, 6) is -0.742. The maximum absolute atomic E-state index is 12.6. The number of hydrogen-bond acceptors (Lipinski definition) is 4. The molecule has 6 nitrogen and oxygen atoms in total. The van der Waals surface area contributed by atoms with Gasteiger partial charge in [0.15, 0.2) is 0 Å². The minimum atomic E-state index is -2.91. The zero-order valence-electron chi connectivity index (χ0n) is 20.9. The number of nitrogens with one attached hydrogen (secondary N) is 1. The van der Waals surface area contributed by atoms with Gasteiger partial charge in [-0.3, -0.25) is 4.79 Å². The van der Waals surface area contributed by atoms with E-state index < -0.39 is 12.4 Å². The van der Waals surface area contributed by atoms with E-state index in [9.17, 15) is 18.0 Å². The molecule has 9 heteroatoms. The molecule has 5 rings (SSSR count). The van der Waals surface area contributed by atoms with Crippen LogP contribution >= 0.6 is 0 Å². The molecule has 1 aliphatic carbocycles. The van der Waals surface area contributed by atoms with Crippen LogP contribution in [0.2, 0.25) is 0 Å². The molecule has 0 spiro atoms. The van der Waals surface area contributed by atoms with Crippen LogP contribution in [-0.4, -0.2) is 41.3 Å². The summed E-state index contributed by atoms with van der Waals surface area (Å²) in [5.41, 5.74) is 2.79. The molecular formula is C27H35F3N4O2. The third-order valence-electron chi connectivity index (χ3n) is 6.18. The zero-order valence-corrected chi connectivity index (χ0v) is 20.9. The van der Waals surface area contributed by atoms with Gasteiger partial charge in [0, 0.05) is 37.1 Å². The molecule has 36 heavy (non-hydrogen) atoms. The topological polar surface area (TPSA) is 58.9 Å². The monoisotopic (exact) mass is 504 g/mol. The maximum Gasteiger partial charge on any atom is 0.387 e. The van der Waals surface area contributed by atoms with Crippen LogP contribution in [0.15, 0.2) is 48.8 Å². The summed E-state index contributed by atoms with van der Waals surface area (Å²) < 4.78 is 41.0. The second kappa shape index (κ2) is 13.8. The highest BCUT2D eigenvalue weighted by molar-refractivity contribution is 6.01. The van der Waals surface area contributed by atoms with Gasteiger partial charge in [0.1, 0.15) is 11.6 Å². The largest absolute Gasteiger partial charge is 0.435 e. The van der Waals surface area contributed by atoms with E-state index in [1.54, 1.807) is 10.7 Å². The second-order valence-electron chi connectivity index (χ2n) is 8.61. The highest BCUT2D eigenvalue weighted by atomic mass is 19.3. The van der Waals surface area contributed by atoms with E-state index in [4.69, 9.17) is 0 Å². The number of carbonyl (C=O) groups excluding carboxylic acids is 1. The quantitative estimate of drug-likeness (QED) is 0.434. The average molecular weight is 505 g/mol. The Morgan fingerprint density at radius 1 is 1.06 bits per heavy atom. The number of carbonyl (C=O) groups is 1. The van der Waals surface area contributed by atoms with Crippen molar-refractivity contribution < 1.29 is 22.7 Å². The van der Waals surface area contributed by atoms with Gasteiger partial charge >= 0.3 is 6.61 Å². The van der Waals surface area contributed by atoms with Crippen molar-refractivity contribution in [2.45, 2.75) is 71.4 Å². The Labute approximate surface area is 210 Å². The molecule has 0 bridgehead atoms. The van der Waals surface area contributed by atoms with Gasteiger partial charge in [0.05, 0.1) is 17.3 Å². The lowest BCUT2D eigenvalue weighted by Crippen LogP contribution is -2.36. The predicted molar refractivity (Wildman–Crippen MR) is 135 cm³/mol. The number of aromatic nitrogens is 2. The zero-order chi connectivity index (χ0) is 25.9. The molecule has 2 aromatic heterocycles. The predicted octanol–water partition coefficient (Wildman–Crippen LogP) is 6.45. The van der Waals surface area contributed by atoms with Crippen molar-refractivity contribution in [1.29, 1.82) is 0 Å². The number of hydrogen-bond donors (Lipinski definition) is 1. The third kappa shape index (κ3) is 7.63. The number of ether oxygens (including phenoxy) is 1. The Hall–Kier alpha value is -3.23. The van der Waals surface area contributed by atoms with Crippen molar-refractivity contribution in [1.82, 2.24) is 14.9 Å². The lowest BCUT2D eigenvalue weighted by Gasteiger charge is -2.22. The summed E-state index contributed by atoms with van der Waals surface area (Å²) in [4.78, 5) is 15.0. The smallest absolute Gasteiger partial charge is 0.387 e. The number of rotatable bonds is 5. The first-order chi connectivity index (χ1) is 17.5. The van der Waals surface area contributed by atoms with Gasteiger partial charge in [0.25, 0.3) is 5.91 Å². The first kappa shape index (κ1) is 27.4. The van der Waals surface area contributed by atoms with Gasteiger partial charge in [-0.1, -0.05) is 39.2 Å². The molecule has 1 amide bonds. The number of amides is 1. The second-order valence-corrected chi connectivity index (χ2v) is 8.61. The van der Waals surface area contributed by atoms with E-state index in [1.165, 1.54) is 49.9 Å². The number of fused-ring (bicyclic) bond motifs is 1. The van der Waals surface area contributed by atoms with Crippen LogP contribution in [0.1, 0.15) is 69.2 Å². The molecule has 1 N–H and O–H groups in total. The third-order valence-corrected chi connectivity index (χ3v) is 6.18.